The summed E-state index contributed by atoms with van der Waals surface area (Å²) in [6, 6.07) is 0. The highest BCUT2D eigenvalue weighted by molar-refractivity contribution is 7.20. The average Bonchev–Trinajstić information content (AvgIpc) is 2.82. The summed E-state index contributed by atoms with van der Waals surface area (Å²) < 4.78 is 11.0. The number of thiophene rings is 1. The fourth-order valence-electron chi connectivity index (χ4n) is 3.19. The number of morpholine rings is 1. The first-order chi connectivity index (χ1) is 11.4. The van der Waals surface area contributed by atoms with Gasteiger partial charge in [-0.15, -0.1) is 11.3 Å². The summed E-state index contributed by atoms with van der Waals surface area (Å²) in [5, 5.41) is 0.954. The highest BCUT2D eigenvalue weighted by atomic mass is 32.1. The van der Waals surface area contributed by atoms with E-state index in [1.54, 1.807) is 0 Å². The van der Waals surface area contributed by atoms with Crippen LogP contribution >= 0.6 is 11.3 Å². The van der Waals surface area contributed by atoms with Gasteiger partial charge < -0.3 is 14.4 Å². The number of hydrogen-bond acceptors (Lipinski definition) is 7. The van der Waals surface area contributed by atoms with Crippen LogP contribution in [0.4, 0.5) is 5.82 Å². The molecule has 0 radical (unpaired) electrons. The number of esters is 1. The third kappa shape index (κ3) is 3.10. The van der Waals surface area contributed by atoms with E-state index in [-0.39, 0.29) is 18.2 Å². The van der Waals surface area contributed by atoms with Crippen molar-refractivity contribution in [2.75, 3.05) is 24.6 Å². The summed E-state index contributed by atoms with van der Waals surface area (Å²) in [7, 11) is 0. The van der Waals surface area contributed by atoms with Crippen molar-refractivity contribution in [3.8, 4) is 0 Å². The van der Waals surface area contributed by atoms with Crippen molar-refractivity contribution in [1.82, 2.24) is 9.97 Å². The number of nitrogens with zero attached hydrogens (tertiary/aromatic N) is 3. The number of anilines is 1. The van der Waals surface area contributed by atoms with E-state index in [9.17, 15) is 4.79 Å². The van der Waals surface area contributed by atoms with Gasteiger partial charge in [-0.1, -0.05) is 0 Å². The minimum Gasteiger partial charge on any atom is -0.462 e. The molecule has 1 saturated heterocycles. The highest BCUT2D eigenvalue weighted by Gasteiger charge is 2.28. The maximum absolute atomic E-state index is 12.2. The third-order valence-corrected chi connectivity index (χ3v) is 5.23. The smallest absolute Gasteiger partial charge is 0.348 e. The summed E-state index contributed by atoms with van der Waals surface area (Å²) in [6.07, 6.45) is 0.282. The van der Waals surface area contributed by atoms with Gasteiger partial charge in [-0.3, -0.25) is 0 Å². The van der Waals surface area contributed by atoms with Crippen molar-refractivity contribution in [2.24, 2.45) is 0 Å². The zero-order valence-electron chi connectivity index (χ0n) is 14.8. The minimum absolute atomic E-state index is 0.141. The lowest BCUT2D eigenvalue weighted by molar-refractivity contribution is -0.00538. The van der Waals surface area contributed by atoms with E-state index in [2.05, 4.69) is 28.7 Å². The van der Waals surface area contributed by atoms with Crippen molar-refractivity contribution in [1.29, 1.82) is 0 Å². The van der Waals surface area contributed by atoms with Gasteiger partial charge in [0.15, 0.2) is 0 Å². The van der Waals surface area contributed by atoms with Crippen molar-refractivity contribution >= 4 is 33.3 Å². The standard InChI is InChI=1S/C17H23N3O3S/c1-6-22-17(21)14-11(4)13-15(18-12(5)19-16(13)24-14)20-7-9(2)23-10(3)8-20/h9-10H,6-8H2,1-5H3/t9-,10-/m0/s1. The summed E-state index contributed by atoms with van der Waals surface area (Å²) in [5.74, 6) is 1.31. The second-order valence-electron chi connectivity index (χ2n) is 6.21. The van der Waals surface area contributed by atoms with Gasteiger partial charge in [-0.05, 0) is 40.2 Å². The van der Waals surface area contributed by atoms with Gasteiger partial charge in [-0.25, -0.2) is 14.8 Å². The summed E-state index contributed by atoms with van der Waals surface area (Å²) in [4.78, 5) is 25.1. The van der Waals surface area contributed by atoms with E-state index < -0.39 is 0 Å². The van der Waals surface area contributed by atoms with Crippen LogP contribution in [0.15, 0.2) is 0 Å². The van der Waals surface area contributed by atoms with Crippen LogP contribution in [0.25, 0.3) is 10.2 Å². The van der Waals surface area contributed by atoms with Crippen LogP contribution in [0.5, 0.6) is 0 Å². The number of ether oxygens (including phenoxy) is 2. The maximum Gasteiger partial charge on any atom is 0.348 e. The van der Waals surface area contributed by atoms with Gasteiger partial charge >= 0.3 is 5.97 Å². The number of rotatable bonds is 3. The Labute approximate surface area is 145 Å². The summed E-state index contributed by atoms with van der Waals surface area (Å²) in [6.45, 7) is 11.7. The van der Waals surface area contributed by atoms with Crippen molar-refractivity contribution in [2.45, 2.75) is 46.8 Å². The molecule has 1 aliphatic rings. The molecule has 1 fully saturated rings. The lowest BCUT2D eigenvalue weighted by Crippen LogP contribution is -2.46. The third-order valence-electron chi connectivity index (χ3n) is 4.06. The van der Waals surface area contributed by atoms with Crippen LogP contribution in [-0.4, -0.2) is 47.8 Å². The predicted octanol–water partition coefficient (Wildman–Crippen LogP) is 3.10. The monoisotopic (exact) mass is 349 g/mol. The Balaban J connectivity index is 2.12. The van der Waals surface area contributed by atoms with E-state index in [4.69, 9.17) is 9.47 Å². The minimum atomic E-state index is -0.287. The first kappa shape index (κ1) is 17.1. The molecule has 3 heterocycles. The molecular formula is C17H23N3O3S. The number of carbonyl (C=O) groups is 1. The predicted molar refractivity (Wildman–Crippen MR) is 95.1 cm³/mol. The van der Waals surface area contributed by atoms with E-state index in [1.807, 2.05) is 20.8 Å². The van der Waals surface area contributed by atoms with Crippen molar-refractivity contribution in [3.63, 3.8) is 0 Å². The number of hydrogen-bond donors (Lipinski definition) is 0. The molecule has 0 spiro atoms. The molecule has 0 bridgehead atoms. The molecule has 6 nitrogen and oxygen atoms in total. The normalized spacial score (nSPS) is 21.3. The van der Waals surface area contributed by atoms with Crippen molar-refractivity contribution < 1.29 is 14.3 Å². The Morgan fingerprint density at radius 2 is 1.96 bits per heavy atom. The molecule has 0 N–H and O–H groups in total. The fourth-order valence-corrected chi connectivity index (χ4v) is 4.31. The first-order valence-corrected chi connectivity index (χ1v) is 9.07. The van der Waals surface area contributed by atoms with Crippen LogP contribution in [-0.2, 0) is 9.47 Å². The molecule has 0 aliphatic carbocycles. The molecular weight excluding hydrogens is 326 g/mol. The van der Waals surface area contributed by atoms with Crippen LogP contribution in [0.2, 0.25) is 0 Å². The lowest BCUT2D eigenvalue weighted by Gasteiger charge is -2.36. The quantitative estimate of drug-likeness (QED) is 0.794. The molecule has 0 aromatic carbocycles. The SMILES string of the molecule is CCOC(=O)c1sc2nc(C)nc(N3C[C@H](C)O[C@@H](C)C3)c2c1C. The summed E-state index contributed by atoms with van der Waals surface area (Å²) >= 11 is 1.38. The molecule has 0 saturated carbocycles. The zero-order chi connectivity index (χ0) is 17.4. The molecule has 0 amide bonds. The Bertz CT molecular complexity index is 764. The van der Waals surface area contributed by atoms with Gasteiger partial charge in [0.05, 0.1) is 24.2 Å². The van der Waals surface area contributed by atoms with Crippen molar-refractivity contribution in [3.05, 3.63) is 16.3 Å². The second-order valence-corrected chi connectivity index (χ2v) is 7.21. The molecule has 2 aromatic rings. The molecule has 3 rings (SSSR count). The van der Waals surface area contributed by atoms with E-state index in [1.165, 1.54) is 11.3 Å². The maximum atomic E-state index is 12.2. The average molecular weight is 349 g/mol. The van der Waals surface area contributed by atoms with E-state index >= 15 is 0 Å². The van der Waals surface area contributed by atoms with Crippen LogP contribution in [0.3, 0.4) is 0 Å². The number of carbonyl (C=O) groups excluding carboxylic acids is 1. The molecule has 130 valence electrons. The lowest BCUT2D eigenvalue weighted by atomic mass is 10.1. The fraction of sp³-hybridized carbons (Fsp3) is 0.588. The van der Waals surface area contributed by atoms with E-state index in [0.717, 1.165) is 34.7 Å². The van der Waals surface area contributed by atoms with Gasteiger partial charge in [0.1, 0.15) is 21.3 Å². The Morgan fingerprint density at radius 3 is 2.58 bits per heavy atom. The first-order valence-electron chi connectivity index (χ1n) is 8.26. The highest BCUT2D eigenvalue weighted by Crippen LogP contribution is 2.36. The molecule has 0 unspecified atom stereocenters. The molecule has 2 atom stereocenters. The number of fused-ring (bicyclic) bond motifs is 1. The Morgan fingerprint density at radius 1 is 1.29 bits per heavy atom. The van der Waals surface area contributed by atoms with E-state index in [0.29, 0.717) is 17.3 Å². The van der Waals surface area contributed by atoms with Crippen LogP contribution in [0.1, 0.15) is 41.8 Å². The summed E-state index contributed by atoms with van der Waals surface area (Å²) in [5.41, 5.74) is 0.898. The van der Waals surface area contributed by atoms with Crippen LogP contribution in [0, 0.1) is 13.8 Å². The molecule has 2 aromatic heterocycles. The van der Waals surface area contributed by atoms with Gasteiger partial charge in [-0.2, -0.15) is 0 Å². The largest absolute Gasteiger partial charge is 0.462 e. The number of aryl methyl sites for hydroxylation is 2. The Hall–Kier alpha value is -1.73. The van der Waals surface area contributed by atoms with Gasteiger partial charge in [0.25, 0.3) is 0 Å². The second kappa shape index (κ2) is 6.64. The molecule has 24 heavy (non-hydrogen) atoms. The van der Waals surface area contributed by atoms with Gasteiger partial charge in [0.2, 0.25) is 0 Å². The van der Waals surface area contributed by atoms with Crippen LogP contribution < -0.4 is 4.90 Å². The topological polar surface area (TPSA) is 64.5 Å². The van der Waals surface area contributed by atoms with Gasteiger partial charge in [0, 0.05) is 13.1 Å². The number of aromatic nitrogens is 2. The zero-order valence-corrected chi connectivity index (χ0v) is 15.6. The Kier molecular flexibility index (Phi) is 4.73. The molecule has 1 aliphatic heterocycles. The molecule has 7 heteroatoms.